The van der Waals surface area contributed by atoms with Gasteiger partial charge in [0.05, 0.1) is 26.7 Å². The van der Waals surface area contributed by atoms with Gasteiger partial charge in [0.15, 0.2) is 0 Å². The Labute approximate surface area is 91.2 Å². The van der Waals surface area contributed by atoms with Crippen LogP contribution in [0.4, 0.5) is 25.2 Å². The zero-order valence-electron chi connectivity index (χ0n) is 9.40. The molecule has 1 saturated heterocycles. The zero-order valence-corrected chi connectivity index (χ0v) is 10.3. The number of piperidine rings is 1. The standard InChI is InChI=1S/C8H18N.F6P/c1-3-9(2)7-5-4-6-8-9;1-7(2,3,4,5)6/h3-8H2,1-2H3;/q+1;-1. The molecule has 0 saturated carbocycles. The number of hydrogen-bond donors (Lipinski definition) is 0. The Hall–Kier alpha value is -0.0300. The third-order valence-electron chi connectivity index (χ3n) is 2.66. The van der Waals surface area contributed by atoms with Gasteiger partial charge in [0.1, 0.15) is 0 Å². The molecule has 0 aromatic rings. The molecule has 0 unspecified atom stereocenters. The summed E-state index contributed by atoms with van der Waals surface area (Å²) in [7, 11) is -8.28. The first kappa shape index (κ1) is 16.0. The first-order chi connectivity index (χ1) is 6.72. The van der Waals surface area contributed by atoms with Crippen molar-refractivity contribution in [3.05, 3.63) is 0 Å². The Morgan fingerprint density at radius 1 is 0.875 bits per heavy atom. The molecular weight excluding hydrogens is 255 g/mol. The van der Waals surface area contributed by atoms with Crippen LogP contribution >= 0.6 is 7.81 Å². The van der Waals surface area contributed by atoms with Gasteiger partial charge >= 0.3 is 33.0 Å². The van der Waals surface area contributed by atoms with Crippen molar-refractivity contribution < 1.29 is 29.7 Å². The summed E-state index contributed by atoms with van der Waals surface area (Å²) in [5.41, 5.74) is 0. The van der Waals surface area contributed by atoms with Crippen molar-refractivity contribution in [3.8, 4) is 0 Å². The van der Waals surface area contributed by atoms with E-state index in [4.69, 9.17) is 0 Å². The van der Waals surface area contributed by atoms with Crippen LogP contribution in [0.2, 0.25) is 0 Å². The fourth-order valence-corrected chi connectivity index (χ4v) is 1.59. The molecule has 1 nitrogen and oxygen atoms in total. The summed E-state index contributed by atoms with van der Waals surface area (Å²) in [6.45, 7) is 6.44. The first-order valence-corrected chi connectivity index (χ1v) is 7.15. The molecule has 16 heavy (non-hydrogen) atoms. The second-order valence-electron chi connectivity index (χ2n) is 4.40. The molecule has 1 heterocycles. The van der Waals surface area contributed by atoms with Gasteiger partial charge in [0.25, 0.3) is 0 Å². The van der Waals surface area contributed by atoms with E-state index in [9.17, 15) is 25.2 Å². The van der Waals surface area contributed by atoms with Gasteiger partial charge in [0.2, 0.25) is 0 Å². The number of quaternary nitrogens is 1. The molecule has 102 valence electrons. The van der Waals surface area contributed by atoms with Crippen molar-refractivity contribution >= 4 is 7.81 Å². The van der Waals surface area contributed by atoms with Gasteiger partial charge in [0, 0.05) is 0 Å². The number of halogens is 6. The Bertz CT molecular complexity index is 215. The molecule has 8 heteroatoms. The van der Waals surface area contributed by atoms with Crippen LogP contribution in [0.1, 0.15) is 26.2 Å². The molecular formula is C8H18F6NP. The SMILES string of the molecule is CC[N+]1(C)CCCCC1.F[P-](F)(F)(F)(F)F. The third kappa shape index (κ3) is 14.0. The van der Waals surface area contributed by atoms with Gasteiger partial charge in [-0.1, -0.05) is 0 Å². The summed E-state index contributed by atoms with van der Waals surface area (Å²) in [4.78, 5) is 0. The molecule has 1 fully saturated rings. The second kappa shape index (κ2) is 4.02. The molecule has 0 aromatic heterocycles. The van der Waals surface area contributed by atoms with Crippen molar-refractivity contribution in [2.45, 2.75) is 26.2 Å². The molecule has 0 amide bonds. The summed E-state index contributed by atoms with van der Waals surface area (Å²) in [5.74, 6) is 0. The van der Waals surface area contributed by atoms with E-state index in [1.807, 2.05) is 0 Å². The van der Waals surface area contributed by atoms with E-state index >= 15 is 0 Å². The molecule has 0 radical (unpaired) electrons. The molecule has 1 aliphatic heterocycles. The third-order valence-corrected chi connectivity index (χ3v) is 2.66. The van der Waals surface area contributed by atoms with Crippen LogP contribution in [0.3, 0.4) is 0 Å². The Kier molecular flexibility index (Phi) is 4.01. The summed E-state index contributed by atoms with van der Waals surface area (Å²) < 4.78 is 60.5. The van der Waals surface area contributed by atoms with Crippen LogP contribution in [0.15, 0.2) is 0 Å². The molecule has 0 bridgehead atoms. The average molecular weight is 273 g/mol. The second-order valence-corrected chi connectivity index (χ2v) is 6.32. The maximum absolute atomic E-state index is 10.7. The van der Waals surface area contributed by atoms with Crippen molar-refractivity contribution in [2.24, 2.45) is 0 Å². The van der Waals surface area contributed by atoms with Crippen LogP contribution in [0.5, 0.6) is 0 Å². The van der Waals surface area contributed by atoms with Crippen molar-refractivity contribution in [1.29, 1.82) is 0 Å². The van der Waals surface area contributed by atoms with E-state index in [0.717, 1.165) is 0 Å². The zero-order chi connectivity index (χ0) is 13.2. The van der Waals surface area contributed by atoms with Gasteiger partial charge in [-0.05, 0) is 26.2 Å². The molecule has 1 rings (SSSR count). The molecule has 0 aliphatic carbocycles. The van der Waals surface area contributed by atoms with Gasteiger partial charge in [-0.2, -0.15) is 0 Å². The molecule has 1 aliphatic rings. The summed E-state index contributed by atoms with van der Waals surface area (Å²) in [5, 5.41) is 0. The summed E-state index contributed by atoms with van der Waals surface area (Å²) >= 11 is 0. The van der Waals surface area contributed by atoms with Crippen LogP contribution in [0.25, 0.3) is 0 Å². The van der Waals surface area contributed by atoms with Gasteiger partial charge in [-0.15, -0.1) is 0 Å². The van der Waals surface area contributed by atoms with Crippen molar-refractivity contribution in [3.63, 3.8) is 0 Å². The normalized spacial score (nSPS) is 24.8. The predicted octanol–water partition coefficient (Wildman–Crippen LogP) is 5.02. The minimum atomic E-state index is -10.7. The molecule has 0 N–H and O–H groups in total. The summed E-state index contributed by atoms with van der Waals surface area (Å²) in [6.07, 6.45) is 4.36. The molecule has 0 aromatic carbocycles. The van der Waals surface area contributed by atoms with Gasteiger partial charge in [-0.25, -0.2) is 0 Å². The Morgan fingerprint density at radius 3 is 1.38 bits per heavy atom. The summed E-state index contributed by atoms with van der Waals surface area (Å²) in [6, 6.07) is 0. The van der Waals surface area contributed by atoms with E-state index < -0.39 is 7.81 Å². The van der Waals surface area contributed by atoms with Gasteiger partial charge < -0.3 is 4.48 Å². The Balaban J connectivity index is 0.000000293. The topological polar surface area (TPSA) is 0 Å². The molecule has 0 atom stereocenters. The molecule has 0 spiro atoms. The number of likely N-dealkylation sites (tertiary alicyclic amines) is 1. The maximum atomic E-state index is 9.87. The average Bonchev–Trinajstić information content (AvgIpc) is 2.00. The van der Waals surface area contributed by atoms with Gasteiger partial charge in [-0.3, -0.25) is 0 Å². The van der Waals surface area contributed by atoms with Crippen LogP contribution < -0.4 is 0 Å². The van der Waals surface area contributed by atoms with E-state index in [0.29, 0.717) is 0 Å². The van der Waals surface area contributed by atoms with Crippen molar-refractivity contribution in [2.75, 3.05) is 26.7 Å². The van der Waals surface area contributed by atoms with E-state index in [1.54, 1.807) is 0 Å². The number of rotatable bonds is 1. The monoisotopic (exact) mass is 273 g/mol. The Morgan fingerprint density at radius 2 is 1.19 bits per heavy atom. The van der Waals surface area contributed by atoms with Crippen molar-refractivity contribution in [1.82, 2.24) is 0 Å². The van der Waals surface area contributed by atoms with E-state index in [1.165, 1.54) is 43.4 Å². The van der Waals surface area contributed by atoms with Crippen LogP contribution in [-0.4, -0.2) is 31.2 Å². The fraction of sp³-hybridized carbons (Fsp3) is 1.00. The predicted molar refractivity (Wildman–Crippen MR) is 53.9 cm³/mol. The van der Waals surface area contributed by atoms with E-state index in [2.05, 4.69) is 14.0 Å². The van der Waals surface area contributed by atoms with E-state index in [-0.39, 0.29) is 0 Å². The minimum absolute atomic E-state index is 1.32. The quantitative estimate of drug-likeness (QED) is 0.357. The van der Waals surface area contributed by atoms with Crippen LogP contribution in [0, 0.1) is 0 Å². The number of nitrogens with zero attached hydrogens (tertiary/aromatic N) is 1. The number of hydrogen-bond acceptors (Lipinski definition) is 0. The fourth-order valence-electron chi connectivity index (χ4n) is 1.59. The van der Waals surface area contributed by atoms with Crippen LogP contribution in [-0.2, 0) is 0 Å². The first-order valence-electron chi connectivity index (χ1n) is 5.12.